The van der Waals surface area contributed by atoms with Crippen LogP contribution in [0.2, 0.25) is 0 Å². The average Bonchev–Trinajstić information content (AvgIpc) is 2.11. The lowest BCUT2D eigenvalue weighted by Crippen LogP contribution is -2.06. The molecule has 0 radical (unpaired) electrons. The van der Waals surface area contributed by atoms with Crippen LogP contribution in [0, 0.1) is 5.92 Å². The van der Waals surface area contributed by atoms with Gasteiger partial charge >= 0.3 is 0 Å². The van der Waals surface area contributed by atoms with Crippen LogP contribution < -0.4 is 0 Å². The molecule has 0 aliphatic heterocycles. The highest BCUT2D eigenvalue weighted by atomic mass is 16.1. The Balaban J connectivity index is 2.71. The van der Waals surface area contributed by atoms with Crippen molar-refractivity contribution in [2.45, 2.75) is 33.1 Å². The van der Waals surface area contributed by atoms with Crippen LogP contribution in [0.15, 0.2) is 23.8 Å². The van der Waals surface area contributed by atoms with Crippen molar-refractivity contribution in [3.63, 3.8) is 0 Å². The van der Waals surface area contributed by atoms with Crippen molar-refractivity contribution in [1.82, 2.24) is 0 Å². The zero-order valence-electron chi connectivity index (χ0n) is 7.89. The van der Waals surface area contributed by atoms with E-state index in [2.05, 4.69) is 12.7 Å². The van der Waals surface area contributed by atoms with E-state index >= 15 is 0 Å². The third-order valence-electron chi connectivity index (χ3n) is 2.40. The topological polar surface area (TPSA) is 17.1 Å². The lowest BCUT2D eigenvalue weighted by atomic mass is 9.94. The van der Waals surface area contributed by atoms with Crippen molar-refractivity contribution in [1.29, 1.82) is 0 Å². The highest BCUT2D eigenvalue weighted by molar-refractivity contribution is 5.81. The number of allylic oxidation sites excluding steroid dienone is 3. The van der Waals surface area contributed by atoms with Gasteiger partial charge in [0.05, 0.1) is 0 Å². The minimum absolute atomic E-state index is 0.356. The zero-order chi connectivity index (χ0) is 9.14. The van der Waals surface area contributed by atoms with E-state index in [1.807, 2.05) is 13.8 Å². The van der Waals surface area contributed by atoms with E-state index < -0.39 is 0 Å². The maximum absolute atomic E-state index is 11.3. The molecular formula is C11H16O. The van der Waals surface area contributed by atoms with Crippen LogP contribution >= 0.6 is 0 Å². The quantitative estimate of drug-likeness (QED) is 0.545. The van der Waals surface area contributed by atoms with Crippen molar-refractivity contribution in [3.8, 4) is 0 Å². The molecule has 12 heavy (non-hydrogen) atoms. The van der Waals surface area contributed by atoms with Gasteiger partial charge in [-0.15, -0.1) is 0 Å². The third kappa shape index (κ3) is 2.33. The van der Waals surface area contributed by atoms with E-state index in [0.29, 0.717) is 24.5 Å². The van der Waals surface area contributed by atoms with Gasteiger partial charge in [-0.3, -0.25) is 4.79 Å². The molecule has 66 valence electrons. The molecule has 0 spiro atoms. The van der Waals surface area contributed by atoms with Gasteiger partial charge in [0, 0.05) is 12.8 Å². The smallest absolute Gasteiger partial charge is 0.137 e. The molecule has 0 N–H and O–H groups in total. The van der Waals surface area contributed by atoms with Gasteiger partial charge in [-0.2, -0.15) is 0 Å². The Morgan fingerprint density at radius 1 is 1.67 bits per heavy atom. The monoisotopic (exact) mass is 164 g/mol. The molecular weight excluding hydrogens is 148 g/mol. The van der Waals surface area contributed by atoms with Crippen LogP contribution in [-0.4, -0.2) is 5.78 Å². The van der Waals surface area contributed by atoms with Gasteiger partial charge < -0.3 is 0 Å². The number of carbonyl (C=O) groups excluding carboxylic acids is 1. The summed E-state index contributed by atoms with van der Waals surface area (Å²) < 4.78 is 0. The zero-order valence-corrected chi connectivity index (χ0v) is 7.89. The first kappa shape index (κ1) is 9.24. The first-order valence-corrected chi connectivity index (χ1v) is 4.42. The summed E-state index contributed by atoms with van der Waals surface area (Å²) in [4.78, 5) is 11.3. The summed E-state index contributed by atoms with van der Waals surface area (Å²) in [7, 11) is 0. The highest BCUT2D eigenvalue weighted by Gasteiger charge is 2.16. The molecule has 0 aromatic carbocycles. The number of rotatable bonds is 1. The van der Waals surface area contributed by atoms with Crippen molar-refractivity contribution in [2.24, 2.45) is 5.92 Å². The predicted octanol–water partition coefficient (Wildman–Crippen LogP) is 2.88. The van der Waals surface area contributed by atoms with Crippen LogP contribution in [0.5, 0.6) is 0 Å². The summed E-state index contributed by atoms with van der Waals surface area (Å²) in [6.45, 7) is 7.93. The summed E-state index contributed by atoms with van der Waals surface area (Å²) in [6, 6.07) is 0. The molecule has 0 bridgehead atoms. The summed E-state index contributed by atoms with van der Waals surface area (Å²) >= 11 is 0. The molecule has 0 saturated carbocycles. The van der Waals surface area contributed by atoms with E-state index in [1.54, 1.807) is 0 Å². The fourth-order valence-corrected chi connectivity index (χ4v) is 1.53. The maximum atomic E-state index is 11.3. The van der Waals surface area contributed by atoms with Gasteiger partial charge in [-0.25, -0.2) is 0 Å². The molecule has 0 saturated heterocycles. The second-order valence-electron chi connectivity index (χ2n) is 3.75. The maximum Gasteiger partial charge on any atom is 0.137 e. The minimum Gasteiger partial charge on any atom is -0.299 e. The van der Waals surface area contributed by atoms with Gasteiger partial charge in [0.1, 0.15) is 5.78 Å². The Hall–Kier alpha value is -0.850. The van der Waals surface area contributed by atoms with E-state index in [-0.39, 0.29) is 0 Å². The number of carbonyl (C=O) groups is 1. The molecule has 1 aliphatic rings. The normalized spacial score (nSPS) is 24.7. The second kappa shape index (κ2) is 3.70. The second-order valence-corrected chi connectivity index (χ2v) is 3.75. The largest absolute Gasteiger partial charge is 0.299 e. The summed E-state index contributed by atoms with van der Waals surface area (Å²) in [5, 5.41) is 0. The van der Waals surface area contributed by atoms with Crippen molar-refractivity contribution < 1.29 is 4.79 Å². The third-order valence-corrected chi connectivity index (χ3v) is 2.40. The molecule has 0 aromatic heterocycles. The van der Waals surface area contributed by atoms with Crippen molar-refractivity contribution in [2.75, 3.05) is 0 Å². The fourth-order valence-electron chi connectivity index (χ4n) is 1.53. The van der Waals surface area contributed by atoms with Crippen LogP contribution in [0.3, 0.4) is 0 Å². The molecule has 0 heterocycles. The van der Waals surface area contributed by atoms with Gasteiger partial charge in [-0.05, 0) is 26.2 Å². The Labute approximate surface area is 74.2 Å². The highest BCUT2D eigenvalue weighted by Crippen LogP contribution is 2.24. The number of hydrogen-bond acceptors (Lipinski definition) is 1. The molecule has 0 fully saturated rings. The Morgan fingerprint density at radius 2 is 2.33 bits per heavy atom. The Bertz CT molecular complexity index is 235. The average molecular weight is 164 g/mol. The molecule has 0 amide bonds. The van der Waals surface area contributed by atoms with E-state index in [4.69, 9.17) is 0 Å². The predicted molar refractivity (Wildman–Crippen MR) is 50.9 cm³/mol. The molecule has 1 rings (SSSR count). The fraction of sp³-hybridized carbons (Fsp3) is 0.545. The van der Waals surface area contributed by atoms with Crippen LogP contribution in [0.25, 0.3) is 0 Å². The van der Waals surface area contributed by atoms with Crippen LogP contribution in [0.1, 0.15) is 33.1 Å². The Morgan fingerprint density at radius 3 is 2.92 bits per heavy atom. The minimum atomic E-state index is 0.356. The van der Waals surface area contributed by atoms with Crippen LogP contribution in [-0.2, 0) is 4.79 Å². The molecule has 1 heteroatoms. The number of hydrogen-bond donors (Lipinski definition) is 0. The summed E-state index contributed by atoms with van der Waals surface area (Å²) in [5.74, 6) is 0.740. The van der Waals surface area contributed by atoms with Gasteiger partial charge in [0.2, 0.25) is 0 Å². The van der Waals surface area contributed by atoms with E-state index in [1.165, 1.54) is 5.57 Å². The summed E-state index contributed by atoms with van der Waals surface area (Å²) in [5.41, 5.74) is 2.35. The molecule has 1 nitrogen and oxygen atoms in total. The first-order chi connectivity index (χ1) is 5.59. The first-order valence-electron chi connectivity index (χ1n) is 4.42. The number of Topliss-reactive ketones (excluding diaryl/α,β-unsaturated/α-hetero) is 1. The van der Waals surface area contributed by atoms with Crippen LogP contribution in [0.4, 0.5) is 0 Å². The van der Waals surface area contributed by atoms with Gasteiger partial charge in [0.15, 0.2) is 0 Å². The van der Waals surface area contributed by atoms with Gasteiger partial charge in [0.25, 0.3) is 0 Å². The van der Waals surface area contributed by atoms with Crippen molar-refractivity contribution >= 4 is 5.78 Å². The van der Waals surface area contributed by atoms with Gasteiger partial charge in [-0.1, -0.05) is 23.8 Å². The van der Waals surface area contributed by atoms with Crippen molar-refractivity contribution in [3.05, 3.63) is 23.8 Å². The molecule has 1 atom stereocenters. The summed E-state index contributed by atoms with van der Waals surface area (Å²) in [6.07, 6.45) is 4.49. The molecule has 0 unspecified atom stereocenters. The molecule has 1 aliphatic carbocycles. The molecule has 0 aromatic rings. The van der Waals surface area contributed by atoms with E-state index in [9.17, 15) is 4.79 Å². The Kier molecular flexibility index (Phi) is 2.85. The standard InChI is InChI=1S/C11H16O/c1-8(2)10-5-4-9(3)6-11(12)7-10/h4,10H,1,5-7H2,2-3H3/t10-/m0/s1. The lowest BCUT2D eigenvalue weighted by Gasteiger charge is -2.10. The number of ketones is 1. The lowest BCUT2D eigenvalue weighted by molar-refractivity contribution is -0.118. The van der Waals surface area contributed by atoms with E-state index in [0.717, 1.165) is 12.0 Å². The SMILES string of the molecule is C=C(C)[C@H]1CC=C(C)CC(=O)C1.